The van der Waals surface area contributed by atoms with Gasteiger partial charge in [-0.25, -0.2) is 0 Å². The number of aromatic nitrogens is 1. The molecule has 3 rings (SSSR count). The number of pyridine rings is 1. The number of carbonyl (C=O) groups is 1. The van der Waals surface area contributed by atoms with E-state index in [1.54, 1.807) is 0 Å². The van der Waals surface area contributed by atoms with Crippen molar-refractivity contribution in [2.75, 3.05) is 27.2 Å². The molecule has 0 spiro atoms. The normalized spacial score (nSPS) is 17.1. The van der Waals surface area contributed by atoms with E-state index in [9.17, 15) is 4.79 Å². The molecule has 0 bridgehead atoms. The van der Waals surface area contributed by atoms with E-state index in [1.807, 2.05) is 67.5 Å². The lowest BCUT2D eigenvalue weighted by Gasteiger charge is -2.25. The van der Waals surface area contributed by atoms with Crippen LogP contribution in [0, 0.1) is 0 Å². The third kappa shape index (κ3) is 4.57. The van der Waals surface area contributed by atoms with Crippen LogP contribution in [-0.2, 0) is 11.3 Å². The Bertz CT molecular complexity index is 703. The molecule has 2 heterocycles. The molecule has 0 saturated carbocycles. The van der Waals surface area contributed by atoms with Crippen LogP contribution in [0.25, 0.3) is 0 Å². The molecular weight excluding hydrogens is 314 g/mol. The highest BCUT2D eigenvalue weighted by Gasteiger charge is 2.31. The molecular formula is C20H25N3O2. The first-order chi connectivity index (χ1) is 12.1. The Morgan fingerprint density at radius 3 is 2.76 bits per heavy atom. The molecule has 0 aliphatic carbocycles. The first-order valence-electron chi connectivity index (χ1n) is 8.71. The standard InChI is InChI=1S/C20H25N3O2/c1-22(2)14-16-8-6-11-18(21-16)19-12-7-13-23(19)20(24)15-25-17-9-4-3-5-10-17/h3-6,8-11,19H,7,12-15H2,1-2H3/t19-/m1/s1. The number of benzene rings is 1. The van der Waals surface area contributed by atoms with E-state index >= 15 is 0 Å². The van der Waals surface area contributed by atoms with Gasteiger partial charge in [0.05, 0.1) is 17.4 Å². The Morgan fingerprint density at radius 1 is 1.20 bits per heavy atom. The van der Waals surface area contributed by atoms with Crippen molar-refractivity contribution < 1.29 is 9.53 Å². The maximum atomic E-state index is 12.6. The monoisotopic (exact) mass is 339 g/mol. The van der Waals surface area contributed by atoms with E-state index in [0.717, 1.165) is 43.1 Å². The fourth-order valence-electron chi connectivity index (χ4n) is 3.21. The van der Waals surface area contributed by atoms with E-state index in [1.165, 1.54) is 0 Å². The molecule has 1 aliphatic rings. The summed E-state index contributed by atoms with van der Waals surface area (Å²) >= 11 is 0. The molecule has 0 N–H and O–H groups in total. The lowest BCUT2D eigenvalue weighted by atomic mass is 10.1. The quantitative estimate of drug-likeness (QED) is 0.812. The van der Waals surface area contributed by atoms with Gasteiger partial charge in [-0.2, -0.15) is 0 Å². The molecule has 0 radical (unpaired) electrons. The van der Waals surface area contributed by atoms with Crippen molar-refractivity contribution in [1.82, 2.24) is 14.8 Å². The van der Waals surface area contributed by atoms with E-state index in [0.29, 0.717) is 0 Å². The zero-order chi connectivity index (χ0) is 17.6. The summed E-state index contributed by atoms with van der Waals surface area (Å²) in [5.74, 6) is 0.740. The van der Waals surface area contributed by atoms with Crippen molar-refractivity contribution in [2.24, 2.45) is 0 Å². The van der Waals surface area contributed by atoms with Crippen molar-refractivity contribution in [3.63, 3.8) is 0 Å². The Labute approximate surface area is 149 Å². The van der Waals surface area contributed by atoms with Gasteiger partial charge in [-0.05, 0) is 51.2 Å². The first kappa shape index (κ1) is 17.4. The molecule has 1 amide bonds. The summed E-state index contributed by atoms with van der Waals surface area (Å²) in [4.78, 5) is 21.4. The summed E-state index contributed by atoms with van der Waals surface area (Å²) < 4.78 is 5.62. The minimum absolute atomic E-state index is 0.0196. The van der Waals surface area contributed by atoms with Crippen molar-refractivity contribution in [3.05, 3.63) is 59.9 Å². The fraction of sp³-hybridized carbons (Fsp3) is 0.400. The molecule has 1 aliphatic heterocycles. The number of nitrogens with zero attached hydrogens (tertiary/aromatic N) is 3. The molecule has 1 fully saturated rings. The number of para-hydroxylation sites is 1. The zero-order valence-electron chi connectivity index (χ0n) is 14.9. The van der Waals surface area contributed by atoms with Crippen LogP contribution in [-0.4, -0.2) is 47.9 Å². The van der Waals surface area contributed by atoms with Crippen molar-refractivity contribution >= 4 is 5.91 Å². The van der Waals surface area contributed by atoms with Crippen LogP contribution < -0.4 is 4.74 Å². The average molecular weight is 339 g/mol. The van der Waals surface area contributed by atoms with Gasteiger partial charge in [0.15, 0.2) is 6.61 Å². The molecule has 1 saturated heterocycles. The summed E-state index contributed by atoms with van der Waals surface area (Å²) in [7, 11) is 4.06. The van der Waals surface area contributed by atoms with Crippen LogP contribution >= 0.6 is 0 Å². The van der Waals surface area contributed by atoms with Crippen LogP contribution in [0.4, 0.5) is 0 Å². The molecule has 5 heteroatoms. The summed E-state index contributed by atoms with van der Waals surface area (Å²) in [5, 5.41) is 0. The van der Waals surface area contributed by atoms with Gasteiger partial charge in [-0.15, -0.1) is 0 Å². The van der Waals surface area contributed by atoms with Gasteiger partial charge >= 0.3 is 0 Å². The van der Waals surface area contributed by atoms with Crippen LogP contribution in [0.2, 0.25) is 0 Å². The predicted octanol–water partition coefficient (Wildman–Crippen LogP) is 2.89. The Hall–Kier alpha value is -2.40. The maximum absolute atomic E-state index is 12.6. The SMILES string of the molecule is CN(C)Cc1cccc([C@H]2CCCN2C(=O)COc2ccccc2)n1. The van der Waals surface area contributed by atoms with Gasteiger partial charge in [0.25, 0.3) is 5.91 Å². The third-order valence-electron chi connectivity index (χ3n) is 4.33. The van der Waals surface area contributed by atoms with E-state index < -0.39 is 0 Å². The van der Waals surface area contributed by atoms with Crippen LogP contribution in [0.3, 0.4) is 0 Å². The van der Waals surface area contributed by atoms with Gasteiger partial charge in [0.2, 0.25) is 0 Å². The first-order valence-corrected chi connectivity index (χ1v) is 8.71. The fourth-order valence-corrected chi connectivity index (χ4v) is 3.21. The summed E-state index contributed by atoms with van der Waals surface area (Å²) in [6.07, 6.45) is 1.96. The van der Waals surface area contributed by atoms with Crippen molar-refractivity contribution in [3.8, 4) is 5.75 Å². The smallest absolute Gasteiger partial charge is 0.261 e. The Balaban J connectivity index is 1.66. The highest BCUT2D eigenvalue weighted by atomic mass is 16.5. The zero-order valence-corrected chi connectivity index (χ0v) is 14.9. The van der Waals surface area contributed by atoms with Gasteiger partial charge in [-0.3, -0.25) is 9.78 Å². The number of amides is 1. The third-order valence-corrected chi connectivity index (χ3v) is 4.33. The predicted molar refractivity (Wildman–Crippen MR) is 97.3 cm³/mol. The minimum Gasteiger partial charge on any atom is -0.484 e. The van der Waals surface area contributed by atoms with Gasteiger partial charge in [0, 0.05) is 13.1 Å². The largest absolute Gasteiger partial charge is 0.484 e. The second kappa shape index (κ2) is 8.12. The minimum atomic E-state index is 0.0196. The lowest BCUT2D eigenvalue weighted by molar-refractivity contribution is -0.134. The maximum Gasteiger partial charge on any atom is 0.261 e. The van der Waals surface area contributed by atoms with Crippen LogP contribution in [0.5, 0.6) is 5.75 Å². The highest BCUT2D eigenvalue weighted by Crippen LogP contribution is 2.31. The topological polar surface area (TPSA) is 45.7 Å². The number of likely N-dealkylation sites (tertiary alicyclic amines) is 1. The second-order valence-corrected chi connectivity index (χ2v) is 6.64. The number of hydrogen-bond donors (Lipinski definition) is 0. The van der Waals surface area contributed by atoms with Gasteiger partial charge in [0.1, 0.15) is 5.75 Å². The van der Waals surface area contributed by atoms with E-state index in [2.05, 4.69) is 4.90 Å². The van der Waals surface area contributed by atoms with E-state index in [4.69, 9.17) is 9.72 Å². The summed E-state index contributed by atoms with van der Waals surface area (Å²) in [6, 6.07) is 15.6. The van der Waals surface area contributed by atoms with Crippen molar-refractivity contribution in [2.45, 2.75) is 25.4 Å². The molecule has 2 aromatic rings. The Kier molecular flexibility index (Phi) is 5.66. The molecule has 1 atom stereocenters. The summed E-state index contributed by atoms with van der Waals surface area (Å²) in [5.41, 5.74) is 2.01. The Morgan fingerprint density at radius 2 is 2.00 bits per heavy atom. The molecule has 5 nitrogen and oxygen atoms in total. The molecule has 1 aromatic heterocycles. The van der Waals surface area contributed by atoms with Crippen molar-refractivity contribution in [1.29, 1.82) is 0 Å². The number of hydrogen-bond acceptors (Lipinski definition) is 4. The van der Waals surface area contributed by atoms with Gasteiger partial charge < -0.3 is 14.5 Å². The average Bonchev–Trinajstić information content (AvgIpc) is 3.10. The lowest BCUT2D eigenvalue weighted by Crippen LogP contribution is -2.34. The van der Waals surface area contributed by atoms with Crippen LogP contribution in [0.15, 0.2) is 48.5 Å². The molecule has 1 aromatic carbocycles. The van der Waals surface area contributed by atoms with Gasteiger partial charge in [-0.1, -0.05) is 24.3 Å². The van der Waals surface area contributed by atoms with E-state index in [-0.39, 0.29) is 18.6 Å². The van der Waals surface area contributed by atoms with Crippen LogP contribution in [0.1, 0.15) is 30.3 Å². The highest BCUT2D eigenvalue weighted by molar-refractivity contribution is 5.78. The molecule has 0 unspecified atom stereocenters. The number of rotatable bonds is 6. The summed E-state index contributed by atoms with van der Waals surface area (Å²) in [6.45, 7) is 1.63. The molecule has 132 valence electrons. The molecule has 25 heavy (non-hydrogen) atoms. The second-order valence-electron chi connectivity index (χ2n) is 6.64. The number of carbonyl (C=O) groups excluding carboxylic acids is 1. The number of ether oxygens (including phenoxy) is 1.